The predicted molar refractivity (Wildman–Crippen MR) is 129 cm³/mol. The molecule has 34 heavy (non-hydrogen) atoms. The van der Waals surface area contributed by atoms with Gasteiger partial charge in [-0.3, -0.25) is 9.69 Å². The Hall–Kier alpha value is -3.36. The fourth-order valence-corrected chi connectivity index (χ4v) is 3.94. The molecule has 0 saturated carbocycles. The molecule has 176 valence electrons. The number of anilines is 2. The van der Waals surface area contributed by atoms with Gasteiger partial charge in [-0.25, -0.2) is 19.2 Å². The number of benzene rings is 2. The molecule has 9 heteroatoms. The fourth-order valence-electron chi connectivity index (χ4n) is 3.74. The molecule has 1 amide bonds. The van der Waals surface area contributed by atoms with Gasteiger partial charge < -0.3 is 5.32 Å². The minimum Gasteiger partial charge on any atom is -0.352 e. The summed E-state index contributed by atoms with van der Waals surface area (Å²) in [5, 5.41) is 7.62. The Kier molecular flexibility index (Phi) is 7.82. The lowest BCUT2D eigenvalue weighted by Crippen LogP contribution is -2.34. The minimum atomic E-state index is -0.978. The number of rotatable bonds is 7. The van der Waals surface area contributed by atoms with E-state index in [4.69, 9.17) is 11.6 Å². The number of pyridine rings is 1. The van der Waals surface area contributed by atoms with E-state index in [0.717, 1.165) is 49.1 Å². The molecule has 0 spiro atoms. The molecule has 4 rings (SSSR count). The van der Waals surface area contributed by atoms with E-state index in [9.17, 15) is 13.6 Å². The zero-order valence-corrected chi connectivity index (χ0v) is 19.1. The maximum Gasteiger partial charge on any atom is 0.289 e. The van der Waals surface area contributed by atoms with Gasteiger partial charge in [0.1, 0.15) is 5.69 Å². The van der Waals surface area contributed by atoms with Gasteiger partial charge in [-0.1, -0.05) is 35.9 Å². The van der Waals surface area contributed by atoms with Crippen LogP contribution in [0.3, 0.4) is 0 Å². The average molecular weight is 484 g/mol. The van der Waals surface area contributed by atoms with Crippen molar-refractivity contribution in [3.8, 4) is 0 Å². The van der Waals surface area contributed by atoms with Crippen molar-refractivity contribution >= 4 is 35.1 Å². The highest BCUT2D eigenvalue weighted by Crippen LogP contribution is 2.22. The van der Waals surface area contributed by atoms with Gasteiger partial charge >= 0.3 is 0 Å². The smallest absolute Gasteiger partial charge is 0.289 e. The van der Waals surface area contributed by atoms with Crippen molar-refractivity contribution in [3.05, 3.63) is 88.7 Å². The van der Waals surface area contributed by atoms with Crippen molar-refractivity contribution in [1.82, 2.24) is 15.3 Å². The van der Waals surface area contributed by atoms with Gasteiger partial charge in [0.25, 0.3) is 5.91 Å². The lowest BCUT2D eigenvalue weighted by Gasteiger charge is -2.30. The van der Waals surface area contributed by atoms with Crippen LogP contribution in [0, 0.1) is 17.6 Å². The third-order valence-corrected chi connectivity index (χ3v) is 6.03. The van der Waals surface area contributed by atoms with E-state index < -0.39 is 17.5 Å². The van der Waals surface area contributed by atoms with Crippen LogP contribution in [0.15, 0.2) is 65.9 Å². The average Bonchev–Trinajstić information content (AvgIpc) is 2.85. The van der Waals surface area contributed by atoms with Gasteiger partial charge in [-0.2, -0.15) is 5.10 Å². The number of aromatic nitrogens is 1. The zero-order valence-electron chi connectivity index (χ0n) is 18.3. The van der Waals surface area contributed by atoms with E-state index in [-0.39, 0.29) is 17.3 Å². The van der Waals surface area contributed by atoms with Crippen LogP contribution in [-0.2, 0) is 6.54 Å². The Morgan fingerprint density at radius 1 is 1.12 bits per heavy atom. The molecule has 1 saturated heterocycles. The Morgan fingerprint density at radius 2 is 1.91 bits per heavy atom. The molecule has 0 atom stereocenters. The molecule has 1 aliphatic heterocycles. The van der Waals surface area contributed by atoms with Crippen LogP contribution in [-0.4, -0.2) is 35.1 Å². The summed E-state index contributed by atoms with van der Waals surface area (Å²) in [6.45, 7) is 2.68. The second kappa shape index (κ2) is 11.2. The highest BCUT2D eigenvalue weighted by atomic mass is 35.5. The molecule has 6 nitrogen and oxygen atoms in total. The normalized spacial score (nSPS) is 14.9. The number of piperidine rings is 1. The van der Waals surface area contributed by atoms with Gasteiger partial charge in [0.2, 0.25) is 0 Å². The number of nitrogens with zero attached hydrogens (tertiary/aromatic N) is 3. The first-order chi connectivity index (χ1) is 16.5. The number of nitrogens with one attached hydrogen (secondary N) is 2. The van der Waals surface area contributed by atoms with Crippen LogP contribution in [0.2, 0.25) is 5.02 Å². The monoisotopic (exact) mass is 483 g/mol. The van der Waals surface area contributed by atoms with Crippen molar-refractivity contribution in [3.63, 3.8) is 0 Å². The molecule has 2 aromatic carbocycles. The number of hydrogen-bond donors (Lipinski definition) is 2. The molecule has 2 N–H and O–H groups in total. The van der Waals surface area contributed by atoms with Crippen molar-refractivity contribution in [1.29, 1.82) is 0 Å². The van der Waals surface area contributed by atoms with Crippen molar-refractivity contribution in [2.45, 2.75) is 19.4 Å². The van der Waals surface area contributed by atoms with E-state index in [1.165, 1.54) is 24.4 Å². The zero-order chi connectivity index (χ0) is 23.9. The summed E-state index contributed by atoms with van der Waals surface area (Å²) in [5.74, 6) is -2.09. The van der Waals surface area contributed by atoms with Gasteiger partial charge in [-0.15, -0.1) is 0 Å². The van der Waals surface area contributed by atoms with Gasteiger partial charge in [-0.05, 0) is 67.7 Å². The third kappa shape index (κ3) is 6.15. The highest BCUT2D eigenvalue weighted by Gasteiger charge is 2.19. The first kappa shape index (κ1) is 23.8. The Morgan fingerprint density at radius 3 is 2.65 bits per heavy atom. The largest absolute Gasteiger partial charge is 0.352 e. The lowest BCUT2D eigenvalue weighted by atomic mass is 9.98. The first-order valence-electron chi connectivity index (χ1n) is 11.0. The maximum absolute atomic E-state index is 13.8. The van der Waals surface area contributed by atoms with E-state index in [1.54, 1.807) is 12.3 Å². The molecule has 2 heterocycles. The molecule has 3 aromatic rings. The lowest BCUT2D eigenvalue weighted by molar-refractivity contribution is 0.0950. The summed E-state index contributed by atoms with van der Waals surface area (Å²) in [6.07, 6.45) is 5.03. The molecule has 0 radical (unpaired) electrons. The number of carbonyl (C=O) groups excluding carboxylic acids is 1. The first-order valence-corrected chi connectivity index (χ1v) is 11.3. The van der Waals surface area contributed by atoms with Crippen molar-refractivity contribution in [2.75, 3.05) is 18.4 Å². The van der Waals surface area contributed by atoms with E-state index in [1.807, 2.05) is 24.3 Å². The Labute approximate surface area is 201 Å². The van der Waals surface area contributed by atoms with Crippen molar-refractivity contribution < 1.29 is 13.6 Å². The summed E-state index contributed by atoms with van der Waals surface area (Å²) in [4.78, 5) is 18.7. The predicted octanol–water partition coefficient (Wildman–Crippen LogP) is 5.38. The summed E-state index contributed by atoms with van der Waals surface area (Å²) in [7, 11) is 0. The number of halogens is 3. The molecular weight excluding hydrogens is 460 g/mol. The summed E-state index contributed by atoms with van der Waals surface area (Å²) < 4.78 is 27.1. The highest BCUT2D eigenvalue weighted by molar-refractivity contribution is 6.31. The number of hydrazone groups is 1. The summed E-state index contributed by atoms with van der Waals surface area (Å²) >= 11 is 6.25. The number of amides is 1. The SMILES string of the molecule is O=C(NN=CC1CCN(Cc2ccccc2Cl)CC1)c1ccc(Nc2cccc(F)c2F)cn1. The van der Waals surface area contributed by atoms with Crippen LogP contribution < -0.4 is 10.7 Å². The van der Waals surface area contributed by atoms with Gasteiger partial charge in [0.05, 0.1) is 17.6 Å². The third-order valence-electron chi connectivity index (χ3n) is 5.66. The van der Waals surface area contributed by atoms with Crippen LogP contribution >= 0.6 is 11.6 Å². The molecule has 0 aliphatic carbocycles. The van der Waals surface area contributed by atoms with E-state index in [0.29, 0.717) is 5.69 Å². The van der Waals surface area contributed by atoms with E-state index >= 15 is 0 Å². The second-order valence-corrected chi connectivity index (χ2v) is 8.49. The summed E-state index contributed by atoms with van der Waals surface area (Å²) in [6, 6.07) is 14.8. The second-order valence-electron chi connectivity index (χ2n) is 8.08. The molecule has 0 unspecified atom stereocenters. The van der Waals surface area contributed by atoms with Gasteiger partial charge in [0.15, 0.2) is 11.6 Å². The van der Waals surface area contributed by atoms with Gasteiger partial charge in [0, 0.05) is 17.8 Å². The molecule has 1 fully saturated rings. The number of carbonyl (C=O) groups is 1. The molecular formula is C25H24ClF2N5O. The quantitative estimate of drug-likeness (QED) is 0.349. The van der Waals surface area contributed by atoms with Crippen LogP contribution in [0.1, 0.15) is 28.9 Å². The van der Waals surface area contributed by atoms with Crippen molar-refractivity contribution in [2.24, 2.45) is 11.0 Å². The maximum atomic E-state index is 13.8. The fraction of sp³-hybridized carbons (Fsp3) is 0.240. The standard InChI is InChI=1S/C25H24ClF2N5O/c26-20-5-2-1-4-18(20)16-33-12-10-17(11-13-33)14-30-32-25(34)23-9-8-19(15-29-23)31-22-7-3-6-21(27)24(22)28/h1-9,14-15,17,31H,10-13,16H2,(H,32,34). The molecule has 0 bridgehead atoms. The Bertz CT molecular complexity index is 1160. The van der Waals surface area contributed by atoms with E-state index in [2.05, 4.69) is 25.7 Å². The minimum absolute atomic E-state index is 0.0125. The molecule has 1 aliphatic rings. The number of hydrogen-bond acceptors (Lipinski definition) is 5. The summed E-state index contributed by atoms with van der Waals surface area (Å²) in [5.41, 5.74) is 4.20. The Balaban J connectivity index is 1.23. The number of likely N-dealkylation sites (tertiary alicyclic amines) is 1. The molecule has 1 aromatic heterocycles. The van der Waals surface area contributed by atoms with Crippen LogP contribution in [0.4, 0.5) is 20.2 Å². The topological polar surface area (TPSA) is 69.6 Å². The van der Waals surface area contributed by atoms with Crippen LogP contribution in [0.5, 0.6) is 0 Å². The van der Waals surface area contributed by atoms with Crippen LogP contribution in [0.25, 0.3) is 0 Å².